The van der Waals surface area contributed by atoms with Crippen molar-refractivity contribution in [2.24, 2.45) is 5.92 Å². The molecule has 1 unspecified atom stereocenters. The molecule has 4 rings (SSSR count). The lowest BCUT2D eigenvalue weighted by atomic mass is 9.85. The average Bonchev–Trinajstić information content (AvgIpc) is 2.86. The minimum Gasteiger partial charge on any atom is -0.467 e. The Hall–Kier alpha value is -2.02. The van der Waals surface area contributed by atoms with Crippen molar-refractivity contribution in [2.75, 3.05) is 13.1 Å². The van der Waals surface area contributed by atoms with E-state index in [1.165, 1.54) is 38.1 Å². The highest BCUT2D eigenvalue weighted by Gasteiger charge is 2.28. The highest BCUT2D eigenvalue weighted by atomic mass is 19.1. The van der Waals surface area contributed by atoms with E-state index in [9.17, 15) is 4.39 Å². The number of pyridine rings is 1. The zero-order chi connectivity index (χ0) is 17.2. The van der Waals surface area contributed by atoms with Crippen LogP contribution in [0.5, 0.6) is 5.88 Å². The molecule has 0 N–H and O–H groups in total. The summed E-state index contributed by atoms with van der Waals surface area (Å²) in [6, 6.07) is 3.35. The Bertz CT molecular complexity index is 730. The Morgan fingerprint density at radius 2 is 2.16 bits per heavy atom. The maximum atomic E-state index is 13.6. The van der Waals surface area contributed by atoms with E-state index < -0.39 is 5.82 Å². The van der Waals surface area contributed by atoms with Crippen LogP contribution in [0, 0.1) is 11.7 Å². The molecule has 1 aliphatic carbocycles. The molecule has 2 aromatic heterocycles. The third-order valence-corrected chi connectivity index (χ3v) is 5.40. The Morgan fingerprint density at radius 1 is 1.28 bits per heavy atom. The fourth-order valence-corrected chi connectivity index (χ4v) is 3.62. The molecule has 7 heteroatoms. The highest BCUT2D eigenvalue weighted by molar-refractivity contribution is 5.13. The van der Waals surface area contributed by atoms with E-state index in [1.54, 1.807) is 6.07 Å². The molecule has 2 aromatic rings. The molecule has 0 bridgehead atoms. The van der Waals surface area contributed by atoms with Gasteiger partial charge in [-0.25, -0.2) is 9.37 Å². The van der Waals surface area contributed by atoms with Crippen LogP contribution in [0.1, 0.15) is 37.8 Å². The van der Waals surface area contributed by atoms with Gasteiger partial charge < -0.3 is 9.30 Å². The van der Waals surface area contributed by atoms with E-state index in [2.05, 4.69) is 31.6 Å². The third-order valence-electron chi connectivity index (χ3n) is 5.40. The smallest absolute Gasteiger partial charge is 0.250 e. The van der Waals surface area contributed by atoms with Crippen LogP contribution in [-0.4, -0.2) is 43.8 Å². The zero-order valence-electron chi connectivity index (χ0n) is 14.6. The Labute approximate surface area is 147 Å². The van der Waals surface area contributed by atoms with E-state index >= 15 is 0 Å². The molecule has 1 aliphatic heterocycles. The molecule has 3 heterocycles. The summed E-state index contributed by atoms with van der Waals surface area (Å²) in [5, 5.41) is 8.59. The van der Waals surface area contributed by atoms with Crippen LogP contribution in [0.15, 0.2) is 18.3 Å². The Morgan fingerprint density at radius 3 is 2.92 bits per heavy atom. The highest BCUT2D eigenvalue weighted by Crippen LogP contribution is 2.28. The largest absolute Gasteiger partial charge is 0.467 e. The number of halogens is 1. The maximum Gasteiger partial charge on any atom is 0.250 e. The second kappa shape index (κ2) is 7.07. The predicted molar refractivity (Wildman–Crippen MR) is 90.6 cm³/mol. The SMILES string of the molecule is CC1Cc2nnc(COc3ncccc3F)n2CCN1CC1CCC1. The lowest BCUT2D eigenvalue weighted by molar-refractivity contribution is 0.141. The average molecular weight is 345 g/mol. The fraction of sp³-hybridized carbons (Fsp3) is 0.611. The second-order valence-electron chi connectivity index (χ2n) is 7.11. The van der Waals surface area contributed by atoms with E-state index in [0.717, 1.165) is 37.1 Å². The number of rotatable bonds is 5. The maximum absolute atomic E-state index is 13.6. The standard InChI is InChI=1S/C18H24FN5O/c1-13-10-16-21-22-17(12-25-18-15(19)6-3-7-20-18)24(16)9-8-23(13)11-14-4-2-5-14/h3,6-7,13-14H,2,4-5,8-12H2,1H3. The molecule has 134 valence electrons. The first-order valence-electron chi connectivity index (χ1n) is 9.09. The lowest BCUT2D eigenvalue weighted by Crippen LogP contribution is -2.40. The Kier molecular flexibility index (Phi) is 4.65. The molecule has 25 heavy (non-hydrogen) atoms. The molecule has 6 nitrogen and oxygen atoms in total. The first kappa shape index (κ1) is 16.4. The molecule has 0 amide bonds. The molecule has 1 fully saturated rings. The lowest BCUT2D eigenvalue weighted by Gasteiger charge is -2.34. The molecule has 0 saturated heterocycles. The fourth-order valence-electron chi connectivity index (χ4n) is 3.62. The number of ether oxygens (including phenoxy) is 1. The summed E-state index contributed by atoms with van der Waals surface area (Å²) in [5.74, 6) is 2.13. The zero-order valence-corrected chi connectivity index (χ0v) is 14.6. The van der Waals surface area contributed by atoms with Gasteiger partial charge in [0, 0.05) is 38.3 Å². The van der Waals surface area contributed by atoms with Gasteiger partial charge in [0.05, 0.1) is 0 Å². The van der Waals surface area contributed by atoms with Gasteiger partial charge in [-0.05, 0) is 37.8 Å². The minimum absolute atomic E-state index is 0.00782. The topological polar surface area (TPSA) is 56.1 Å². The molecule has 0 aromatic carbocycles. The van der Waals surface area contributed by atoms with Crippen LogP contribution in [0.2, 0.25) is 0 Å². The summed E-state index contributed by atoms with van der Waals surface area (Å²) in [5.41, 5.74) is 0. The second-order valence-corrected chi connectivity index (χ2v) is 7.11. The first-order valence-corrected chi connectivity index (χ1v) is 9.09. The van der Waals surface area contributed by atoms with Crippen molar-refractivity contribution in [3.63, 3.8) is 0 Å². The van der Waals surface area contributed by atoms with E-state index in [1.807, 2.05) is 0 Å². The van der Waals surface area contributed by atoms with Crippen LogP contribution < -0.4 is 4.74 Å². The van der Waals surface area contributed by atoms with Crippen LogP contribution in [0.25, 0.3) is 0 Å². The van der Waals surface area contributed by atoms with Crippen molar-refractivity contribution >= 4 is 0 Å². The van der Waals surface area contributed by atoms with Crippen LogP contribution in [-0.2, 0) is 19.6 Å². The molecular formula is C18H24FN5O. The van der Waals surface area contributed by atoms with Crippen molar-refractivity contribution in [1.29, 1.82) is 0 Å². The van der Waals surface area contributed by atoms with Gasteiger partial charge in [-0.15, -0.1) is 10.2 Å². The number of nitrogens with zero attached hydrogens (tertiary/aromatic N) is 5. The Balaban J connectivity index is 1.43. The normalized spacial score (nSPS) is 21.4. The van der Waals surface area contributed by atoms with Gasteiger partial charge >= 0.3 is 0 Å². The molecule has 1 saturated carbocycles. The number of hydrogen-bond acceptors (Lipinski definition) is 5. The monoisotopic (exact) mass is 345 g/mol. The minimum atomic E-state index is -0.460. The summed E-state index contributed by atoms with van der Waals surface area (Å²) >= 11 is 0. The van der Waals surface area contributed by atoms with Crippen molar-refractivity contribution in [2.45, 2.75) is 51.8 Å². The summed E-state index contributed by atoms with van der Waals surface area (Å²) in [7, 11) is 0. The quantitative estimate of drug-likeness (QED) is 0.833. The summed E-state index contributed by atoms with van der Waals surface area (Å²) in [4.78, 5) is 6.49. The summed E-state index contributed by atoms with van der Waals surface area (Å²) in [6.07, 6.45) is 6.51. The molecule has 0 radical (unpaired) electrons. The predicted octanol–water partition coefficient (Wildman–Crippen LogP) is 2.44. The van der Waals surface area contributed by atoms with E-state index in [-0.39, 0.29) is 12.5 Å². The molecule has 0 spiro atoms. The van der Waals surface area contributed by atoms with E-state index in [4.69, 9.17) is 4.74 Å². The van der Waals surface area contributed by atoms with Gasteiger partial charge in [0.1, 0.15) is 12.4 Å². The van der Waals surface area contributed by atoms with Crippen molar-refractivity contribution in [3.8, 4) is 5.88 Å². The summed E-state index contributed by atoms with van der Waals surface area (Å²) < 4.78 is 21.3. The van der Waals surface area contributed by atoms with Crippen molar-refractivity contribution in [1.82, 2.24) is 24.6 Å². The van der Waals surface area contributed by atoms with Crippen molar-refractivity contribution < 1.29 is 9.13 Å². The first-order chi connectivity index (χ1) is 12.2. The van der Waals surface area contributed by atoms with E-state index in [0.29, 0.717) is 6.04 Å². The third kappa shape index (κ3) is 3.51. The number of hydrogen-bond donors (Lipinski definition) is 0. The van der Waals surface area contributed by atoms with Gasteiger partial charge in [-0.2, -0.15) is 0 Å². The van der Waals surface area contributed by atoms with Gasteiger partial charge in [0.15, 0.2) is 11.6 Å². The molecular weight excluding hydrogens is 321 g/mol. The van der Waals surface area contributed by atoms with Crippen LogP contribution >= 0.6 is 0 Å². The van der Waals surface area contributed by atoms with Gasteiger partial charge in [0.25, 0.3) is 5.88 Å². The number of aromatic nitrogens is 4. The van der Waals surface area contributed by atoms with Crippen molar-refractivity contribution in [3.05, 3.63) is 35.8 Å². The van der Waals surface area contributed by atoms with Gasteiger partial charge in [0.2, 0.25) is 0 Å². The van der Waals surface area contributed by atoms with Crippen LogP contribution in [0.4, 0.5) is 4.39 Å². The molecule has 2 aliphatic rings. The summed E-state index contributed by atoms with van der Waals surface area (Å²) in [6.45, 7) is 5.47. The van der Waals surface area contributed by atoms with Crippen LogP contribution in [0.3, 0.4) is 0 Å². The number of fused-ring (bicyclic) bond motifs is 1. The molecule has 1 atom stereocenters. The van der Waals surface area contributed by atoms with Gasteiger partial charge in [-0.3, -0.25) is 4.90 Å². The van der Waals surface area contributed by atoms with Gasteiger partial charge in [-0.1, -0.05) is 6.42 Å².